The molecule has 2 heterocycles. The molecule has 0 aliphatic carbocycles. The van der Waals surface area contributed by atoms with E-state index in [1.165, 1.54) is 5.56 Å². The van der Waals surface area contributed by atoms with Gasteiger partial charge in [0.05, 0.1) is 0 Å². The lowest BCUT2D eigenvalue weighted by atomic mass is 9.83. The van der Waals surface area contributed by atoms with Gasteiger partial charge >= 0.3 is 0 Å². The molecular formula is C21H32N2O2. The third kappa shape index (κ3) is 5.05. The zero-order valence-electron chi connectivity index (χ0n) is 15.5. The van der Waals surface area contributed by atoms with E-state index in [0.29, 0.717) is 17.9 Å². The predicted molar refractivity (Wildman–Crippen MR) is 101 cm³/mol. The third-order valence-corrected chi connectivity index (χ3v) is 5.68. The highest BCUT2D eigenvalue weighted by molar-refractivity contribution is 5.77. The Kier molecular flexibility index (Phi) is 6.88. The van der Waals surface area contributed by atoms with Gasteiger partial charge in [0.25, 0.3) is 0 Å². The Morgan fingerprint density at radius 3 is 2.80 bits per heavy atom. The van der Waals surface area contributed by atoms with E-state index in [2.05, 4.69) is 40.1 Å². The van der Waals surface area contributed by atoms with Crippen molar-refractivity contribution in [2.45, 2.75) is 45.1 Å². The summed E-state index contributed by atoms with van der Waals surface area (Å²) >= 11 is 0. The molecule has 4 heteroatoms. The molecule has 0 spiro atoms. The maximum Gasteiger partial charge on any atom is 0.222 e. The fraction of sp³-hybridized carbons (Fsp3) is 0.667. The molecule has 25 heavy (non-hydrogen) atoms. The van der Waals surface area contributed by atoms with Gasteiger partial charge < -0.3 is 14.5 Å². The van der Waals surface area contributed by atoms with E-state index in [9.17, 15) is 4.79 Å². The Morgan fingerprint density at radius 2 is 2.00 bits per heavy atom. The molecule has 0 radical (unpaired) electrons. The van der Waals surface area contributed by atoms with Crippen LogP contribution in [0.1, 0.15) is 38.2 Å². The molecule has 0 aromatic heterocycles. The molecule has 3 rings (SSSR count). The van der Waals surface area contributed by atoms with Gasteiger partial charge in [0.2, 0.25) is 5.91 Å². The highest BCUT2D eigenvalue weighted by atomic mass is 16.5. The number of amides is 1. The van der Waals surface area contributed by atoms with Crippen LogP contribution in [0.3, 0.4) is 0 Å². The number of carbonyl (C=O) groups is 1. The van der Waals surface area contributed by atoms with E-state index in [1.807, 2.05) is 6.92 Å². The Balaban J connectivity index is 1.48. The minimum Gasteiger partial charge on any atom is -0.382 e. The van der Waals surface area contributed by atoms with Gasteiger partial charge in [-0.15, -0.1) is 0 Å². The van der Waals surface area contributed by atoms with Crippen molar-refractivity contribution >= 4 is 5.91 Å². The second kappa shape index (κ2) is 9.35. The molecule has 1 aromatic carbocycles. The van der Waals surface area contributed by atoms with E-state index in [-0.39, 0.29) is 0 Å². The molecule has 1 aromatic rings. The van der Waals surface area contributed by atoms with Crippen molar-refractivity contribution in [3.05, 3.63) is 35.9 Å². The maximum atomic E-state index is 12.4. The van der Waals surface area contributed by atoms with Crippen LogP contribution in [0.25, 0.3) is 0 Å². The normalized spacial score (nSPS) is 24.4. The van der Waals surface area contributed by atoms with Crippen molar-refractivity contribution in [1.82, 2.24) is 9.80 Å². The number of benzene rings is 1. The van der Waals surface area contributed by atoms with E-state index in [0.717, 1.165) is 71.5 Å². The van der Waals surface area contributed by atoms with Crippen molar-refractivity contribution in [2.75, 3.05) is 39.4 Å². The summed E-state index contributed by atoms with van der Waals surface area (Å²) in [5, 5.41) is 0. The Labute approximate surface area is 152 Å². The molecule has 4 nitrogen and oxygen atoms in total. The lowest BCUT2D eigenvalue weighted by Gasteiger charge is -2.47. The standard InChI is InChI=1S/C21H32N2O2/c1-2-25-16-6-13-23-20-12-15-22(17-19(20)9-10-21(23)24)14-11-18-7-4-3-5-8-18/h3-5,7-8,19-20H,2,6,9-17H2,1H3/t19-,20+/m0/s1. The summed E-state index contributed by atoms with van der Waals surface area (Å²) in [6.07, 6.45) is 4.99. The first-order valence-electron chi connectivity index (χ1n) is 9.91. The van der Waals surface area contributed by atoms with E-state index in [4.69, 9.17) is 4.74 Å². The smallest absolute Gasteiger partial charge is 0.222 e. The van der Waals surface area contributed by atoms with Crippen LogP contribution in [-0.4, -0.2) is 61.1 Å². The number of hydrogen-bond acceptors (Lipinski definition) is 3. The fourth-order valence-electron chi connectivity index (χ4n) is 4.33. The number of piperidine rings is 2. The quantitative estimate of drug-likeness (QED) is 0.680. The summed E-state index contributed by atoms with van der Waals surface area (Å²) in [6, 6.07) is 11.2. The average molecular weight is 344 g/mol. The first-order chi connectivity index (χ1) is 12.3. The number of carbonyl (C=O) groups excluding carboxylic acids is 1. The van der Waals surface area contributed by atoms with Crippen LogP contribution in [0.15, 0.2) is 30.3 Å². The lowest BCUT2D eigenvalue weighted by molar-refractivity contribution is -0.141. The average Bonchev–Trinajstić information content (AvgIpc) is 2.65. The molecule has 2 fully saturated rings. The van der Waals surface area contributed by atoms with Crippen molar-refractivity contribution in [3.8, 4) is 0 Å². The number of hydrogen-bond donors (Lipinski definition) is 0. The van der Waals surface area contributed by atoms with Gasteiger partial charge in [-0.3, -0.25) is 4.79 Å². The summed E-state index contributed by atoms with van der Waals surface area (Å²) in [6.45, 7) is 7.80. The summed E-state index contributed by atoms with van der Waals surface area (Å²) in [5.74, 6) is 1.00. The molecule has 0 unspecified atom stereocenters. The lowest BCUT2D eigenvalue weighted by Crippen LogP contribution is -2.56. The molecule has 138 valence electrons. The second-order valence-corrected chi connectivity index (χ2v) is 7.33. The van der Waals surface area contributed by atoms with Gasteiger partial charge in [0.15, 0.2) is 0 Å². The SMILES string of the molecule is CCOCCCN1C(=O)CC[C@H]2CN(CCc3ccccc3)CC[C@H]21. The summed E-state index contributed by atoms with van der Waals surface area (Å²) < 4.78 is 5.44. The number of nitrogens with zero attached hydrogens (tertiary/aromatic N) is 2. The highest BCUT2D eigenvalue weighted by Gasteiger charge is 2.38. The first kappa shape index (κ1) is 18.4. The van der Waals surface area contributed by atoms with E-state index >= 15 is 0 Å². The molecule has 2 aliphatic rings. The Hall–Kier alpha value is -1.39. The summed E-state index contributed by atoms with van der Waals surface area (Å²) in [7, 11) is 0. The molecule has 1 amide bonds. The van der Waals surface area contributed by atoms with Crippen LogP contribution >= 0.6 is 0 Å². The topological polar surface area (TPSA) is 32.8 Å². The number of fused-ring (bicyclic) bond motifs is 1. The maximum absolute atomic E-state index is 12.4. The molecule has 2 atom stereocenters. The Bertz CT molecular complexity index is 534. The van der Waals surface area contributed by atoms with E-state index < -0.39 is 0 Å². The number of likely N-dealkylation sites (tertiary alicyclic amines) is 2. The van der Waals surface area contributed by atoms with Gasteiger partial charge in [-0.05, 0) is 44.1 Å². The molecule has 0 bridgehead atoms. The fourth-order valence-corrected chi connectivity index (χ4v) is 4.33. The minimum atomic E-state index is 0.357. The van der Waals surface area contributed by atoms with Crippen LogP contribution in [0.4, 0.5) is 0 Å². The first-order valence-corrected chi connectivity index (χ1v) is 9.91. The van der Waals surface area contributed by atoms with Gasteiger partial charge in [-0.25, -0.2) is 0 Å². The zero-order valence-corrected chi connectivity index (χ0v) is 15.5. The van der Waals surface area contributed by atoms with Crippen LogP contribution in [0.5, 0.6) is 0 Å². The molecule has 0 N–H and O–H groups in total. The Morgan fingerprint density at radius 1 is 1.16 bits per heavy atom. The number of ether oxygens (including phenoxy) is 1. The largest absolute Gasteiger partial charge is 0.382 e. The minimum absolute atomic E-state index is 0.357. The monoisotopic (exact) mass is 344 g/mol. The molecule has 2 saturated heterocycles. The summed E-state index contributed by atoms with van der Waals surface area (Å²) in [5.41, 5.74) is 1.42. The van der Waals surface area contributed by atoms with Crippen molar-refractivity contribution in [1.29, 1.82) is 0 Å². The van der Waals surface area contributed by atoms with Crippen molar-refractivity contribution < 1.29 is 9.53 Å². The summed E-state index contributed by atoms with van der Waals surface area (Å²) in [4.78, 5) is 17.1. The third-order valence-electron chi connectivity index (χ3n) is 5.68. The molecule has 2 aliphatic heterocycles. The van der Waals surface area contributed by atoms with Crippen LogP contribution in [0.2, 0.25) is 0 Å². The zero-order chi connectivity index (χ0) is 17.5. The van der Waals surface area contributed by atoms with Crippen LogP contribution < -0.4 is 0 Å². The highest BCUT2D eigenvalue weighted by Crippen LogP contribution is 2.31. The van der Waals surface area contributed by atoms with Gasteiger partial charge in [0.1, 0.15) is 0 Å². The van der Waals surface area contributed by atoms with Crippen LogP contribution in [-0.2, 0) is 16.0 Å². The molecular weight excluding hydrogens is 312 g/mol. The van der Waals surface area contributed by atoms with Crippen molar-refractivity contribution in [2.24, 2.45) is 5.92 Å². The second-order valence-electron chi connectivity index (χ2n) is 7.33. The van der Waals surface area contributed by atoms with Crippen LogP contribution in [0, 0.1) is 5.92 Å². The molecule has 0 saturated carbocycles. The number of rotatable bonds is 8. The predicted octanol–water partition coefficient (Wildman–Crippen LogP) is 2.97. The van der Waals surface area contributed by atoms with Gasteiger partial charge in [0, 0.05) is 51.9 Å². The van der Waals surface area contributed by atoms with Gasteiger partial charge in [-0.2, -0.15) is 0 Å². The van der Waals surface area contributed by atoms with E-state index in [1.54, 1.807) is 0 Å². The van der Waals surface area contributed by atoms with Gasteiger partial charge in [-0.1, -0.05) is 30.3 Å². The van der Waals surface area contributed by atoms with Crippen molar-refractivity contribution in [3.63, 3.8) is 0 Å².